The molecule has 0 aromatic heterocycles. The van der Waals surface area contributed by atoms with Crippen molar-refractivity contribution in [2.45, 2.75) is 25.9 Å². The van der Waals surface area contributed by atoms with Gasteiger partial charge in [0, 0.05) is 18.3 Å². The summed E-state index contributed by atoms with van der Waals surface area (Å²) in [5.41, 5.74) is 7.50. The van der Waals surface area contributed by atoms with E-state index in [9.17, 15) is 0 Å². The molecule has 2 N–H and O–H groups in total. The third-order valence-corrected chi connectivity index (χ3v) is 3.87. The lowest BCUT2D eigenvalue weighted by Gasteiger charge is -2.41. The molecule has 0 radical (unpaired) electrons. The monoisotopic (exact) mass is 312 g/mol. The molecular weight excluding hydrogens is 288 g/mol. The maximum Gasteiger partial charge on any atom is 0.145 e. The minimum absolute atomic E-state index is 0.221. The van der Waals surface area contributed by atoms with E-state index in [2.05, 4.69) is 18.7 Å². The molecule has 0 saturated heterocycles. The van der Waals surface area contributed by atoms with Crippen LogP contribution in [0.4, 0.5) is 11.4 Å². The van der Waals surface area contributed by atoms with Gasteiger partial charge in [0.25, 0.3) is 0 Å². The smallest absolute Gasteiger partial charge is 0.145 e. The molecule has 0 aliphatic carbocycles. The number of para-hydroxylation sites is 1. The highest BCUT2D eigenvalue weighted by molar-refractivity contribution is 5.65. The summed E-state index contributed by atoms with van der Waals surface area (Å²) in [6, 6.07) is 15.8. The van der Waals surface area contributed by atoms with E-state index in [4.69, 9.17) is 15.2 Å². The number of nitrogens with two attached hydrogens (primary N) is 1. The van der Waals surface area contributed by atoms with Crippen molar-refractivity contribution in [1.29, 1.82) is 0 Å². The van der Waals surface area contributed by atoms with Crippen molar-refractivity contribution in [3.63, 3.8) is 0 Å². The third kappa shape index (κ3) is 3.89. The number of hydrogen-bond acceptors (Lipinski definition) is 4. The van der Waals surface area contributed by atoms with Crippen molar-refractivity contribution >= 4 is 11.4 Å². The molecule has 4 nitrogen and oxygen atoms in total. The predicted molar refractivity (Wildman–Crippen MR) is 94.3 cm³/mol. The largest absolute Gasteiger partial charge is 0.494 e. The molecule has 1 aliphatic rings. The summed E-state index contributed by atoms with van der Waals surface area (Å²) in [4.78, 5) is 2.35. The summed E-state index contributed by atoms with van der Waals surface area (Å²) in [5, 5.41) is 0. The summed E-state index contributed by atoms with van der Waals surface area (Å²) < 4.78 is 11.8. The summed E-state index contributed by atoms with van der Waals surface area (Å²) in [5.74, 6) is 1.79. The van der Waals surface area contributed by atoms with Gasteiger partial charge in [-0.2, -0.15) is 0 Å². The summed E-state index contributed by atoms with van der Waals surface area (Å²) in [6.45, 7) is 6.69. The van der Waals surface area contributed by atoms with Gasteiger partial charge in [0.15, 0.2) is 0 Å². The van der Waals surface area contributed by atoms with Crippen molar-refractivity contribution < 1.29 is 9.47 Å². The van der Waals surface area contributed by atoms with E-state index in [1.54, 1.807) is 0 Å². The van der Waals surface area contributed by atoms with Crippen LogP contribution < -0.4 is 20.1 Å². The van der Waals surface area contributed by atoms with Crippen LogP contribution in [0.3, 0.4) is 0 Å². The van der Waals surface area contributed by atoms with Gasteiger partial charge >= 0.3 is 0 Å². The molecule has 23 heavy (non-hydrogen) atoms. The number of nitrogen functional groups attached to an aromatic ring is 1. The number of anilines is 2. The fourth-order valence-corrected chi connectivity index (χ4v) is 2.91. The van der Waals surface area contributed by atoms with Crippen molar-refractivity contribution in [3.8, 4) is 11.5 Å². The van der Waals surface area contributed by atoms with Gasteiger partial charge < -0.3 is 20.1 Å². The second-order valence-electron chi connectivity index (χ2n) is 6.53. The number of nitrogens with zero attached hydrogens (tertiary/aromatic N) is 1. The Hall–Kier alpha value is -2.36. The molecule has 2 aromatic carbocycles. The molecule has 0 bridgehead atoms. The predicted octanol–water partition coefficient (Wildman–Crippen LogP) is 3.72. The van der Waals surface area contributed by atoms with Crippen LogP contribution in [0.25, 0.3) is 0 Å². The van der Waals surface area contributed by atoms with E-state index in [1.807, 2.05) is 48.5 Å². The molecule has 0 spiro atoms. The lowest BCUT2D eigenvalue weighted by atomic mass is 10.0. The van der Waals surface area contributed by atoms with Gasteiger partial charge in [0.05, 0.1) is 18.8 Å². The molecule has 0 saturated carbocycles. The van der Waals surface area contributed by atoms with E-state index in [0.717, 1.165) is 42.4 Å². The van der Waals surface area contributed by atoms with E-state index in [0.29, 0.717) is 6.61 Å². The first-order valence-corrected chi connectivity index (χ1v) is 8.05. The molecule has 0 amide bonds. The maximum atomic E-state index is 6.05. The van der Waals surface area contributed by atoms with Gasteiger partial charge in [0.2, 0.25) is 0 Å². The number of fused-ring (bicyclic) bond motifs is 1. The van der Waals surface area contributed by atoms with Gasteiger partial charge in [-0.1, -0.05) is 18.2 Å². The summed E-state index contributed by atoms with van der Waals surface area (Å²) >= 11 is 0. The Kier molecular flexibility index (Phi) is 4.33. The van der Waals surface area contributed by atoms with Crippen LogP contribution >= 0.6 is 0 Å². The normalized spacial score (nSPS) is 15.7. The molecule has 3 rings (SSSR count). The fraction of sp³-hybridized carbons (Fsp3) is 0.368. The highest BCUT2D eigenvalue weighted by Gasteiger charge is 2.31. The van der Waals surface area contributed by atoms with Crippen LogP contribution in [0.2, 0.25) is 0 Å². The second-order valence-corrected chi connectivity index (χ2v) is 6.53. The summed E-state index contributed by atoms with van der Waals surface area (Å²) in [7, 11) is 0. The topological polar surface area (TPSA) is 47.7 Å². The first kappa shape index (κ1) is 15.5. The Morgan fingerprint density at radius 3 is 2.74 bits per heavy atom. The van der Waals surface area contributed by atoms with Crippen molar-refractivity contribution in [3.05, 3.63) is 48.5 Å². The Morgan fingerprint density at radius 2 is 1.96 bits per heavy atom. The van der Waals surface area contributed by atoms with E-state index < -0.39 is 0 Å². The Bertz CT molecular complexity index is 656. The highest BCUT2D eigenvalue weighted by atomic mass is 16.5. The quantitative estimate of drug-likeness (QED) is 0.675. The van der Waals surface area contributed by atoms with Crippen LogP contribution in [0.15, 0.2) is 48.5 Å². The first-order chi connectivity index (χ1) is 11.0. The first-order valence-electron chi connectivity index (χ1n) is 8.05. The zero-order chi connectivity index (χ0) is 16.3. The zero-order valence-electron chi connectivity index (χ0n) is 13.8. The minimum Gasteiger partial charge on any atom is -0.494 e. The van der Waals surface area contributed by atoms with Crippen molar-refractivity contribution in [2.24, 2.45) is 0 Å². The lowest BCUT2D eigenvalue weighted by molar-refractivity contribution is 0.104. The van der Waals surface area contributed by atoms with Crippen LogP contribution in [0.1, 0.15) is 20.3 Å². The van der Waals surface area contributed by atoms with Gasteiger partial charge in [-0.05, 0) is 44.5 Å². The Balaban J connectivity index is 1.61. The molecule has 1 aliphatic heterocycles. The maximum absolute atomic E-state index is 6.05. The van der Waals surface area contributed by atoms with Gasteiger partial charge in [-0.3, -0.25) is 0 Å². The number of ether oxygens (including phenoxy) is 2. The molecule has 0 atom stereocenters. The third-order valence-electron chi connectivity index (χ3n) is 3.87. The standard InChI is InChI=1S/C19H24N2O2/c1-19(2)14-21(17-10-9-15(20)13-18(17)23-19)11-6-12-22-16-7-4-3-5-8-16/h3-5,7-10,13H,6,11-12,14,20H2,1-2H3. The van der Waals surface area contributed by atoms with Crippen LogP contribution in [-0.4, -0.2) is 25.3 Å². The van der Waals surface area contributed by atoms with Gasteiger partial charge in [0.1, 0.15) is 17.1 Å². The Labute approximate surface area is 137 Å². The SMILES string of the molecule is CC1(C)CN(CCCOc2ccccc2)c2ccc(N)cc2O1. The average molecular weight is 312 g/mol. The van der Waals surface area contributed by atoms with E-state index in [-0.39, 0.29) is 5.60 Å². The van der Waals surface area contributed by atoms with Crippen LogP contribution in [0.5, 0.6) is 11.5 Å². The minimum atomic E-state index is -0.221. The molecule has 4 heteroatoms. The van der Waals surface area contributed by atoms with Crippen molar-refractivity contribution in [2.75, 3.05) is 30.3 Å². The number of rotatable bonds is 5. The number of benzene rings is 2. The van der Waals surface area contributed by atoms with Gasteiger partial charge in [-0.25, -0.2) is 0 Å². The van der Waals surface area contributed by atoms with Gasteiger partial charge in [-0.15, -0.1) is 0 Å². The molecule has 1 heterocycles. The second kappa shape index (κ2) is 6.41. The molecule has 0 unspecified atom stereocenters. The fourth-order valence-electron chi connectivity index (χ4n) is 2.91. The Morgan fingerprint density at radius 1 is 1.17 bits per heavy atom. The number of hydrogen-bond donors (Lipinski definition) is 1. The van der Waals surface area contributed by atoms with E-state index >= 15 is 0 Å². The lowest BCUT2D eigenvalue weighted by Crippen LogP contribution is -2.47. The van der Waals surface area contributed by atoms with Crippen LogP contribution in [0, 0.1) is 0 Å². The zero-order valence-corrected chi connectivity index (χ0v) is 13.8. The highest BCUT2D eigenvalue weighted by Crippen LogP contribution is 2.38. The van der Waals surface area contributed by atoms with Crippen LogP contribution in [-0.2, 0) is 0 Å². The molecule has 2 aromatic rings. The van der Waals surface area contributed by atoms with E-state index in [1.165, 1.54) is 0 Å². The molecular formula is C19H24N2O2. The molecule has 122 valence electrons. The average Bonchev–Trinajstić information content (AvgIpc) is 2.51. The summed E-state index contributed by atoms with van der Waals surface area (Å²) in [6.07, 6.45) is 0.953. The van der Waals surface area contributed by atoms with Crippen molar-refractivity contribution in [1.82, 2.24) is 0 Å². The molecule has 0 fully saturated rings.